The molecule has 5 heteroatoms. The maximum absolute atomic E-state index is 12.4. The molecule has 0 atom stereocenters. The number of amides is 1. The van der Waals surface area contributed by atoms with Gasteiger partial charge >= 0.3 is 0 Å². The summed E-state index contributed by atoms with van der Waals surface area (Å²) in [7, 11) is 0. The highest BCUT2D eigenvalue weighted by Gasteiger charge is 2.22. The second kappa shape index (κ2) is 6.28. The number of rotatable bonds is 2. The van der Waals surface area contributed by atoms with Crippen LogP contribution in [0.25, 0.3) is 0 Å². The summed E-state index contributed by atoms with van der Waals surface area (Å²) in [5, 5.41) is 0.643. The minimum atomic E-state index is 0.0635. The number of nitrogens with two attached hydrogens (primary N) is 1. The summed E-state index contributed by atoms with van der Waals surface area (Å²) in [6, 6.07) is 14.9. The van der Waals surface area contributed by atoms with Crippen molar-refractivity contribution >= 4 is 28.9 Å². The monoisotopic (exact) mass is 315 g/mol. The van der Waals surface area contributed by atoms with Gasteiger partial charge in [-0.3, -0.25) is 4.79 Å². The van der Waals surface area contributed by atoms with Crippen molar-refractivity contribution in [1.29, 1.82) is 0 Å². The van der Waals surface area contributed by atoms with E-state index in [9.17, 15) is 4.79 Å². The molecule has 1 fully saturated rings. The summed E-state index contributed by atoms with van der Waals surface area (Å²) in [6.07, 6.45) is 0. The molecule has 2 N–H and O–H groups in total. The standard InChI is InChI=1S/C17H18ClN3O/c18-14-3-1-13(2-4-14)17(22)21-11-9-20(10-12-21)16-7-5-15(19)6-8-16/h1-8H,9-12,19H2. The van der Waals surface area contributed by atoms with Crippen LogP contribution in [0.5, 0.6) is 0 Å². The van der Waals surface area contributed by atoms with E-state index in [4.69, 9.17) is 17.3 Å². The number of benzene rings is 2. The molecule has 1 aliphatic rings. The lowest BCUT2D eigenvalue weighted by atomic mass is 10.1. The summed E-state index contributed by atoms with van der Waals surface area (Å²) in [5.74, 6) is 0.0635. The molecule has 0 unspecified atom stereocenters. The Labute approximate surface area is 135 Å². The van der Waals surface area contributed by atoms with E-state index in [0.717, 1.165) is 24.5 Å². The van der Waals surface area contributed by atoms with Crippen LogP contribution in [0.4, 0.5) is 11.4 Å². The van der Waals surface area contributed by atoms with Gasteiger partial charge in [0.1, 0.15) is 0 Å². The molecule has 3 rings (SSSR count). The molecule has 0 radical (unpaired) electrons. The van der Waals surface area contributed by atoms with Gasteiger partial charge in [0.2, 0.25) is 0 Å². The molecule has 0 aromatic heterocycles. The van der Waals surface area contributed by atoms with Crippen molar-refractivity contribution in [2.24, 2.45) is 0 Å². The SMILES string of the molecule is Nc1ccc(N2CCN(C(=O)c3ccc(Cl)cc3)CC2)cc1. The third-order valence-corrected chi connectivity index (χ3v) is 4.17. The van der Waals surface area contributed by atoms with Gasteiger partial charge in [-0.25, -0.2) is 0 Å². The number of hydrogen-bond acceptors (Lipinski definition) is 3. The van der Waals surface area contributed by atoms with Crippen molar-refractivity contribution in [3.05, 3.63) is 59.1 Å². The second-order valence-electron chi connectivity index (χ2n) is 5.38. The molecule has 0 aliphatic carbocycles. The van der Waals surface area contributed by atoms with Gasteiger partial charge in [-0.05, 0) is 48.5 Å². The summed E-state index contributed by atoms with van der Waals surface area (Å²) < 4.78 is 0. The Kier molecular flexibility index (Phi) is 4.20. The average Bonchev–Trinajstić information content (AvgIpc) is 2.56. The maximum Gasteiger partial charge on any atom is 0.253 e. The first-order valence-corrected chi connectivity index (χ1v) is 7.66. The number of hydrogen-bond donors (Lipinski definition) is 1. The first-order chi connectivity index (χ1) is 10.6. The zero-order chi connectivity index (χ0) is 15.5. The van der Waals surface area contributed by atoms with Crippen LogP contribution in [0.15, 0.2) is 48.5 Å². The fourth-order valence-electron chi connectivity index (χ4n) is 2.63. The third-order valence-electron chi connectivity index (χ3n) is 3.92. The van der Waals surface area contributed by atoms with Crippen molar-refractivity contribution in [2.75, 3.05) is 36.8 Å². The Morgan fingerprint density at radius 1 is 0.909 bits per heavy atom. The Morgan fingerprint density at radius 2 is 1.50 bits per heavy atom. The van der Waals surface area contributed by atoms with Crippen LogP contribution >= 0.6 is 11.6 Å². The van der Waals surface area contributed by atoms with Crippen LogP contribution in [-0.4, -0.2) is 37.0 Å². The van der Waals surface area contributed by atoms with Crippen LogP contribution in [0.3, 0.4) is 0 Å². The molecule has 1 amide bonds. The smallest absolute Gasteiger partial charge is 0.253 e. The van der Waals surface area contributed by atoms with Gasteiger partial charge in [0.15, 0.2) is 0 Å². The quantitative estimate of drug-likeness (QED) is 0.867. The number of carbonyl (C=O) groups is 1. The second-order valence-corrected chi connectivity index (χ2v) is 5.81. The maximum atomic E-state index is 12.4. The van der Waals surface area contributed by atoms with E-state index in [1.165, 1.54) is 0 Å². The molecule has 1 aliphatic heterocycles. The zero-order valence-corrected chi connectivity index (χ0v) is 13.0. The van der Waals surface area contributed by atoms with Crippen LogP contribution in [0.2, 0.25) is 5.02 Å². The van der Waals surface area contributed by atoms with Crippen LogP contribution in [-0.2, 0) is 0 Å². The number of anilines is 2. The lowest BCUT2D eigenvalue weighted by Crippen LogP contribution is -2.48. The number of carbonyl (C=O) groups excluding carboxylic acids is 1. The van der Waals surface area contributed by atoms with Crippen LogP contribution < -0.4 is 10.6 Å². The molecule has 0 spiro atoms. The van der Waals surface area contributed by atoms with Crippen molar-refractivity contribution in [3.8, 4) is 0 Å². The number of halogens is 1. The van der Waals surface area contributed by atoms with Gasteiger partial charge in [0.05, 0.1) is 0 Å². The topological polar surface area (TPSA) is 49.6 Å². The van der Waals surface area contributed by atoms with Crippen LogP contribution in [0, 0.1) is 0 Å². The molecule has 2 aromatic rings. The predicted molar refractivity (Wildman–Crippen MR) is 90.4 cm³/mol. The molecule has 0 saturated carbocycles. The Balaban J connectivity index is 1.62. The predicted octanol–water partition coefficient (Wildman–Crippen LogP) is 2.88. The Hall–Kier alpha value is -2.20. The molecule has 1 saturated heterocycles. The summed E-state index contributed by atoms with van der Waals surface area (Å²) in [4.78, 5) is 16.6. The number of piperazine rings is 1. The van der Waals surface area contributed by atoms with E-state index in [0.29, 0.717) is 23.7 Å². The molecule has 2 aromatic carbocycles. The first kappa shape index (κ1) is 14.7. The van der Waals surface area contributed by atoms with E-state index < -0.39 is 0 Å². The summed E-state index contributed by atoms with van der Waals surface area (Å²) in [5.41, 5.74) is 8.31. The van der Waals surface area contributed by atoms with Crippen molar-refractivity contribution in [3.63, 3.8) is 0 Å². The van der Waals surface area contributed by atoms with Crippen molar-refractivity contribution < 1.29 is 4.79 Å². The van der Waals surface area contributed by atoms with Gasteiger partial charge in [-0.2, -0.15) is 0 Å². The number of nitrogens with zero attached hydrogens (tertiary/aromatic N) is 2. The third kappa shape index (κ3) is 3.17. The first-order valence-electron chi connectivity index (χ1n) is 7.29. The van der Waals surface area contributed by atoms with Gasteiger partial charge in [0.25, 0.3) is 5.91 Å². The fourth-order valence-corrected chi connectivity index (χ4v) is 2.75. The molecule has 0 bridgehead atoms. The minimum absolute atomic E-state index is 0.0635. The molecular formula is C17H18ClN3O. The molecule has 1 heterocycles. The van der Waals surface area contributed by atoms with Gasteiger partial charge < -0.3 is 15.5 Å². The number of nitrogen functional groups attached to an aromatic ring is 1. The van der Waals surface area contributed by atoms with Gasteiger partial charge in [-0.15, -0.1) is 0 Å². The average molecular weight is 316 g/mol. The van der Waals surface area contributed by atoms with Crippen LogP contribution in [0.1, 0.15) is 10.4 Å². The minimum Gasteiger partial charge on any atom is -0.399 e. The highest BCUT2D eigenvalue weighted by atomic mass is 35.5. The largest absolute Gasteiger partial charge is 0.399 e. The van der Waals surface area contributed by atoms with E-state index in [1.807, 2.05) is 29.2 Å². The van der Waals surface area contributed by atoms with Crippen molar-refractivity contribution in [1.82, 2.24) is 4.90 Å². The summed E-state index contributed by atoms with van der Waals surface area (Å²) >= 11 is 5.86. The highest BCUT2D eigenvalue weighted by Crippen LogP contribution is 2.19. The zero-order valence-electron chi connectivity index (χ0n) is 12.2. The molecular weight excluding hydrogens is 298 g/mol. The van der Waals surface area contributed by atoms with Gasteiger partial charge in [-0.1, -0.05) is 11.6 Å². The van der Waals surface area contributed by atoms with E-state index in [2.05, 4.69) is 4.90 Å². The van der Waals surface area contributed by atoms with E-state index >= 15 is 0 Å². The Morgan fingerprint density at radius 3 is 2.09 bits per heavy atom. The molecule has 114 valence electrons. The molecule has 4 nitrogen and oxygen atoms in total. The highest BCUT2D eigenvalue weighted by molar-refractivity contribution is 6.30. The van der Waals surface area contributed by atoms with E-state index in [1.54, 1.807) is 24.3 Å². The lowest BCUT2D eigenvalue weighted by Gasteiger charge is -2.36. The molecule has 22 heavy (non-hydrogen) atoms. The van der Waals surface area contributed by atoms with E-state index in [-0.39, 0.29) is 5.91 Å². The van der Waals surface area contributed by atoms with Crippen molar-refractivity contribution in [2.45, 2.75) is 0 Å². The van der Waals surface area contributed by atoms with Gasteiger partial charge in [0, 0.05) is 48.1 Å². The summed E-state index contributed by atoms with van der Waals surface area (Å²) in [6.45, 7) is 3.07. The lowest BCUT2D eigenvalue weighted by molar-refractivity contribution is 0.0747. The fraction of sp³-hybridized carbons (Fsp3) is 0.235. The normalized spacial score (nSPS) is 15.0. The Bertz CT molecular complexity index is 647.